The number of hydrogen-bond donors (Lipinski definition) is 1. The van der Waals surface area contributed by atoms with Gasteiger partial charge in [0, 0.05) is 8.59 Å². The van der Waals surface area contributed by atoms with Gasteiger partial charge in [-0.05, 0) is 40.8 Å². The number of carbonyl (C=O) groups is 1. The minimum absolute atomic E-state index is 0.0208. The lowest BCUT2D eigenvalue weighted by molar-refractivity contribution is 0.202. The number of nitrogens with zero attached hydrogens (tertiary/aromatic N) is 1. The number of anilines is 1. The van der Waals surface area contributed by atoms with Crippen LogP contribution >= 0.6 is 34.2 Å². The van der Waals surface area contributed by atoms with Gasteiger partial charge in [0.05, 0.1) is 12.2 Å². The smallest absolute Gasteiger partial charge is 0.412 e. The summed E-state index contributed by atoms with van der Waals surface area (Å²) in [6, 6.07) is 4.95. The van der Waals surface area contributed by atoms with Crippen molar-refractivity contribution >= 4 is 46.0 Å². The summed E-state index contributed by atoms with van der Waals surface area (Å²) in [6.07, 6.45) is 4.03. The highest BCUT2D eigenvalue weighted by Gasteiger charge is 2.15. The molecule has 78 valence electrons. The van der Waals surface area contributed by atoms with Crippen LogP contribution in [0.1, 0.15) is 0 Å². The molecule has 0 aliphatic rings. The van der Waals surface area contributed by atoms with Gasteiger partial charge in [0.15, 0.2) is 0 Å². The Morgan fingerprint density at radius 2 is 2.33 bits per heavy atom. The van der Waals surface area contributed by atoms with E-state index in [1.54, 1.807) is 18.2 Å². The first kappa shape index (κ1) is 12.1. The molecule has 0 saturated heterocycles. The number of carboxylic acid groups (broad SMARTS) is 1. The van der Waals surface area contributed by atoms with Gasteiger partial charge in [-0.25, -0.2) is 4.79 Å². The van der Waals surface area contributed by atoms with Crippen molar-refractivity contribution in [2.75, 3.05) is 11.4 Å². The summed E-state index contributed by atoms with van der Waals surface area (Å²) in [6.45, 7) is 0.0208. The predicted molar refractivity (Wildman–Crippen MR) is 68.4 cm³/mol. The van der Waals surface area contributed by atoms with Crippen LogP contribution in [0.15, 0.2) is 18.2 Å². The molecule has 0 spiro atoms. The summed E-state index contributed by atoms with van der Waals surface area (Å²) in [5.74, 6) is 2.30. The zero-order valence-corrected chi connectivity index (χ0v) is 10.5. The molecule has 0 atom stereocenters. The molecule has 0 fully saturated rings. The van der Waals surface area contributed by atoms with Crippen LogP contribution in [-0.2, 0) is 0 Å². The second-order valence-corrected chi connectivity index (χ2v) is 4.27. The lowest BCUT2D eigenvalue weighted by Gasteiger charge is -2.17. The fourth-order valence-electron chi connectivity index (χ4n) is 1.05. The van der Waals surface area contributed by atoms with Gasteiger partial charge in [-0.1, -0.05) is 17.5 Å². The van der Waals surface area contributed by atoms with Gasteiger partial charge in [-0.2, -0.15) is 0 Å². The number of amides is 1. The van der Waals surface area contributed by atoms with Crippen LogP contribution in [0.3, 0.4) is 0 Å². The lowest BCUT2D eigenvalue weighted by Crippen LogP contribution is -2.30. The lowest BCUT2D eigenvalue weighted by atomic mass is 10.3. The Kier molecular flexibility index (Phi) is 4.24. The molecule has 0 heterocycles. The summed E-state index contributed by atoms with van der Waals surface area (Å²) in [5, 5.41) is 9.51. The molecule has 15 heavy (non-hydrogen) atoms. The largest absolute Gasteiger partial charge is 0.465 e. The molecule has 0 radical (unpaired) electrons. The first-order valence-corrected chi connectivity index (χ1v) is 5.41. The van der Waals surface area contributed by atoms with Crippen LogP contribution in [0.4, 0.5) is 10.5 Å². The maximum atomic E-state index is 10.9. The molecule has 1 rings (SSSR count). The van der Waals surface area contributed by atoms with Crippen molar-refractivity contribution in [2.24, 2.45) is 0 Å². The first-order chi connectivity index (χ1) is 7.06. The molecule has 0 saturated carbocycles. The Balaban J connectivity index is 3.12. The fraction of sp³-hybridized carbons (Fsp3) is 0.100. The van der Waals surface area contributed by atoms with E-state index in [0.717, 1.165) is 8.47 Å². The number of rotatable bonds is 2. The molecule has 0 aliphatic carbocycles. The Bertz CT molecular complexity index is 428. The second kappa shape index (κ2) is 5.24. The van der Waals surface area contributed by atoms with Crippen molar-refractivity contribution in [3.63, 3.8) is 0 Å². The Morgan fingerprint density at radius 1 is 1.67 bits per heavy atom. The standard InChI is InChI=1S/C10H7ClINO2/c1-2-5-13(10(14)15)9-4-3-7(11)6-8(9)12/h1,3-4,6H,5H2,(H,14,15). The molecule has 1 aromatic rings. The summed E-state index contributed by atoms with van der Waals surface area (Å²) >= 11 is 7.78. The van der Waals surface area contributed by atoms with E-state index in [0.29, 0.717) is 10.7 Å². The Hall–Kier alpha value is -0.930. The number of hydrogen-bond acceptors (Lipinski definition) is 1. The van der Waals surface area contributed by atoms with Gasteiger partial charge in [-0.3, -0.25) is 4.90 Å². The first-order valence-electron chi connectivity index (χ1n) is 3.95. The van der Waals surface area contributed by atoms with E-state index < -0.39 is 6.09 Å². The van der Waals surface area contributed by atoms with E-state index in [2.05, 4.69) is 5.92 Å². The Morgan fingerprint density at radius 3 is 2.80 bits per heavy atom. The van der Waals surface area contributed by atoms with Gasteiger partial charge in [-0.15, -0.1) is 6.42 Å². The van der Waals surface area contributed by atoms with Crippen molar-refractivity contribution < 1.29 is 9.90 Å². The highest BCUT2D eigenvalue weighted by Crippen LogP contribution is 2.25. The van der Waals surface area contributed by atoms with Crippen LogP contribution < -0.4 is 4.90 Å². The van der Waals surface area contributed by atoms with E-state index in [4.69, 9.17) is 23.1 Å². The monoisotopic (exact) mass is 335 g/mol. The topological polar surface area (TPSA) is 40.5 Å². The zero-order chi connectivity index (χ0) is 11.4. The summed E-state index contributed by atoms with van der Waals surface area (Å²) in [7, 11) is 0. The molecule has 0 bridgehead atoms. The summed E-state index contributed by atoms with van der Waals surface area (Å²) in [4.78, 5) is 12.0. The van der Waals surface area contributed by atoms with E-state index in [-0.39, 0.29) is 6.54 Å². The van der Waals surface area contributed by atoms with Crippen molar-refractivity contribution in [1.29, 1.82) is 0 Å². The highest BCUT2D eigenvalue weighted by molar-refractivity contribution is 14.1. The minimum Gasteiger partial charge on any atom is -0.465 e. The van der Waals surface area contributed by atoms with Crippen LogP contribution in [0, 0.1) is 15.9 Å². The number of halogens is 2. The third-order valence-electron chi connectivity index (χ3n) is 1.68. The van der Waals surface area contributed by atoms with Gasteiger partial charge in [0.1, 0.15) is 0 Å². The molecule has 0 aromatic heterocycles. The average molecular weight is 336 g/mol. The molecule has 5 heteroatoms. The van der Waals surface area contributed by atoms with Crippen molar-refractivity contribution in [3.8, 4) is 12.3 Å². The molecule has 1 amide bonds. The van der Waals surface area contributed by atoms with Crippen molar-refractivity contribution in [1.82, 2.24) is 0 Å². The molecule has 0 unspecified atom stereocenters. The molecule has 0 aliphatic heterocycles. The maximum absolute atomic E-state index is 10.9. The Labute approximate surface area is 106 Å². The van der Waals surface area contributed by atoms with Crippen LogP contribution in [0.2, 0.25) is 5.02 Å². The van der Waals surface area contributed by atoms with Crippen LogP contribution in [0.25, 0.3) is 0 Å². The van der Waals surface area contributed by atoms with Gasteiger partial charge in [0.2, 0.25) is 0 Å². The van der Waals surface area contributed by atoms with Crippen LogP contribution in [-0.4, -0.2) is 17.7 Å². The molecular weight excluding hydrogens is 328 g/mol. The van der Waals surface area contributed by atoms with E-state index in [1.165, 1.54) is 0 Å². The predicted octanol–water partition coefficient (Wildman–Crippen LogP) is 3.06. The maximum Gasteiger partial charge on any atom is 0.412 e. The SMILES string of the molecule is C#CCN(C(=O)O)c1ccc(Cl)cc1I. The van der Waals surface area contributed by atoms with Gasteiger partial charge < -0.3 is 5.11 Å². The normalized spacial score (nSPS) is 9.40. The number of terminal acetylenes is 1. The minimum atomic E-state index is -1.08. The van der Waals surface area contributed by atoms with Crippen LogP contribution in [0.5, 0.6) is 0 Å². The van der Waals surface area contributed by atoms with E-state index in [9.17, 15) is 4.79 Å². The van der Waals surface area contributed by atoms with Crippen molar-refractivity contribution in [2.45, 2.75) is 0 Å². The molecule has 1 N–H and O–H groups in total. The molecular formula is C10H7ClINO2. The zero-order valence-electron chi connectivity index (χ0n) is 7.58. The van der Waals surface area contributed by atoms with Gasteiger partial charge >= 0.3 is 6.09 Å². The summed E-state index contributed by atoms with van der Waals surface area (Å²) < 4.78 is 0.748. The quantitative estimate of drug-likeness (QED) is 0.666. The van der Waals surface area contributed by atoms with E-state index in [1.807, 2.05) is 22.6 Å². The second-order valence-electron chi connectivity index (χ2n) is 2.67. The third kappa shape index (κ3) is 3.01. The van der Waals surface area contributed by atoms with Crippen molar-refractivity contribution in [3.05, 3.63) is 26.8 Å². The average Bonchev–Trinajstić information content (AvgIpc) is 2.15. The fourth-order valence-corrected chi connectivity index (χ4v) is 2.21. The summed E-state index contributed by atoms with van der Waals surface area (Å²) in [5.41, 5.74) is 0.547. The molecule has 1 aromatic carbocycles. The number of benzene rings is 1. The highest BCUT2D eigenvalue weighted by atomic mass is 127. The molecule has 3 nitrogen and oxygen atoms in total. The van der Waals surface area contributed by atoms with E-state index >= 15 is 0 Å². The third-order valence-corrected chi connectivity index (χ3v) is 2.78. The van der Waals surface area contributed by atoms with Gasteiger partial charge in [0.25, 0.3) is 0 Å².